The van der Waals surface area contributed by atoms with Crippen LogP contribution in [-0.2, 0) is 7.05 Å². The fourth-order valence-corrected chi connectivity index (χ4v) is 1.77. The Bertz CT molecular complexity index is 508. The van der Waals surface area contributed by atoms with E-state index in [1.165, 1.54) is 5.56 Å². The molecule has 0 atom stereocenters. The molecule has 0 bridgehead atoms. The van der Waals surface area contributed by atoms with E-state index in [-0.39, 0.29) is 5.78 Å². The molecule has 1 heterocycles. The first-order valence-electron chi connectivity index (χ1n) is 4.66. The largest absolute Gasteiger partial charge is 0.350 e. The van der Waals surface area contributed by atoms with Crippen LogP contribution in [0.15, 0.2) is 24.4 Å². The minimum Gasteiger partial charge on any atom is -0.350 e. The Balaban J connectivity index is 2.84. The number of aromatic nitrogens is 1. The predicted molar refractivity (Wildman–Crippen MR) is 57.7 cm³/mol. The maximum Gasteiger partial charge on any atom is 0.161 e. The van der Waals surface area contributed by atoms with E-state index in [1.54, 1.807) is 6.92 Å². The lowest BCUT2D eigenvalue weighted by Gasteiger charge is -1.97. The minimum absolute atomic E-state index is 0.124. The first-order chi connectivity index (χ1) is 6.59. The molecule has 0 fully saturated rings. The third-order valence-electron chi connectivity index (χ3n) is 2.53. The normalized spacial score (nSPS) is 10.8. The van der Waals surface area contributed by atoms with Gasteiger partial charge in [-0.05, 0) is 25.5 Å². The van der Waals surface area contributed by atoms with Crippen LogP contribution >= 0.6 is 0 Å². The van der Waals surface area contributed by atoms with Gasteiger partial charge in [-0.15, -0.1) is 0 Å². The van der Waals surface area contributed by atoms with Crippen LogP contribution in [0.2, 0.25) is 0 Å². The molecular weight excluding hydrogens is 174 g/mol. The van der Waals surface area contributed by atoms with Gasteiger partial charge in [0.25, 0.3) is 0 Å². The summed E-state index contributed by atoms with van der Waals surface area (Å²) in [6, 6.07) is 6.15. The van der Waals surface area contributed by atoms with Gasteiger partial charge in [-0.2, -0.15) is 0 Å². The van der Waals surface area contributed by atoms with Gasteiger partial charge in [0.15, 0.2) is 5.78 Å². The Morgan fingerprint density at radius 2 is 2.07 bits per heavy atom. The van der Waals surface area contributed by atoms with E-state index in [0.717, 1.165) is 16.5 Å². The lowest BCUT2D eigenvalue weighted by Crippen LogP contribution is -1.88. The van der Waals surface area contributed by atoms with Crippen molar-refractivity contribution in [1.82, 2.24) is 4.57 Å². The van der Waals surface area contributed by atoms with E-state index in [2.05, 4.69) is 13.0 Å². The van der Waals surface area contributed by atoms with Crippen LogP contribution in [-0.4, -0.2) is 10.4 Å². The SMILES string of the molecule is CC(=O)c1cn(C)c2cc(C)ccc12. The molecule has 2 nitrogen and oxygen atoms in total. The molecular formula is C12H13NO. The fourth-order valence-electron chi connectivity index (χ4n) is 1.77. The zero-order chi connectivity index (χ0) is 10.3. The van der Waals surface area contributed by atoms with E-state index in [9.17, 15) is 4.79 Å². The van der Waals surface area contributed by atoms with Crippen molar-refractivity contribution in [3.8, 4) is 0 Å². The van der Waals surface area contributed by atoms with Crippen molar-refractivity contribution in [2.24, 2.45) is 7.05 Å². The van der Waals surface area contributed by atoms with Gasteiger partial charge in [-0.1, -0.05) is 12.1 Å². The molecule has 2 heteroatoms. The molecule has 0 aliphatic heterocycles. The van der Waals surface area contributed by atoms with Crippen molar-refractivity contribution in [3.05, 3.63) is 35.5 Å². The first-order valence-corrected chi connectivity index (χ1v) is 4.66. The summed E-state index contributed by atoms with van der Waals surface area (Å²) in [5.74, 6) is 0.124. The first kappa shape index (κ1) is 9.00. The van der Waals surface area contributed by atoms with E-state index in [1.807, 2.05) is 29.9 Å². The Morgan fingerprint density at radius 3 is 2.71 bits per heavy atom. The van der Waals surface area contributed by atoms with Crippen LogP contribution in [0.1, 0.15) is 22.8 Å². The predicted octanol–water partition coefficient (Wildman–Crippen LogP) is 2.69. The standard InChI is InChI=1S/C12H13NO/c1-8-4-5-10-11(9(2)14)7-13(3)12(10)6-8/h4-7H,1-3H3. The molecule has 0 unspecified atom stereocenters. The Kier molecular flexibility index (Phi) is 1.92. The lowest BCUT2D eigenvalue weighted by atomic mass is 10.1. The van der Waals surface area contributed by atoms with Crippen molar-refractivity contribution < 1.29 is 4.79 Å². The summed E-state index contributed by atoms with van der Waals surface area (Å²) in [7, 11) is 1.97. The second-order valence-corrected chi connectivity index (χ2v) is 3.73. The summed E-state index contributed by atoms with van der Waals surface area (Å²) in [6.07, 6.45) is 1.90. The summed E-state index contributed by atoms with van der Waals surface area (Å²) in [4.78, 5) is 11.3. The van der Waals surface area contributed by atoms with Crippen molar-refractivity contribution in [1.29, 1.82) is 0 Å². The molecule has 0 saturated heterocycles. The average molecular weight is 187 g/mol. The molecule has 0 amide bonds. The molecule has 0 saturated carbocycles. The average Bonchev–Trinajstić information content (AvgIpc) is 2.44. The van der Waals surface area contributed by atoms with Crippen LogP contribution in [0.5, 0.6) is 0 Å². The van der Waals surface area contributed by atoms with Gasteiger partial charge in [0.05, 0.1) is 0 Å². The topological polar surface area (TPSA) is 22.0 Å². The molecule has 1 aromatic heterocycles. The minimum atomic E-state index is 0.124. The Morgan fingerprint density at radius 1 is 1.36 bits per heavy atom. The zero-order valence-corrected chi connectivity index (χ0v) is 8.66. The second kappa shape index (κ2) is 2.98. The fraction of sp³-hybridized carbons (Fsp3) is 0.250. The number of hydrogen-bond donors (Lipinski definition) is 0. The number of carbonyl (C=O) groups is 1. The number of rotatable bonds is 1. The van der Waals surface area contributed by atoms with Crippen molar-refractivity contribution in [2.75, 3.05) is 0 Å². The summed E-state index contributed by atoms with van der Waals surface area (Å²) in [5, 5.41) is 1.05. The van der Waals surface area contributed by atoms with Crippen LogP contribution in [0.25, 0.3) is 10.9 Å². The maximum atomic E-state index is 11.3. The van der Waals surface area contributed by atoms with Crippen molar-refractivity contribution in [3.63, 3.8) is 0 Å². The molecule has 0 aliphatic rings. The van der Waals surface area contributed by atoms with Gasteiger partial charge in [-0.25, -0.2) is 0 Å². The molecule has 0 aliphatic carbocycles. The van der Waals surface area contributed by atoms with Crippen LogP contribution in [0.3, 0.4) is 0 Å². The van der Waals surface area contributed by atoms with E-state index in [4.69, 9.17) is 0 Å². The van der Waals surface area contributed by atoms with Gasteiger partial charge < -0.3 is 4.57 Å². The molecule has 2 rings (SSSR count). The van der Waals surface area contributed by atoms with Crippen molar-refractivity contribution >= 4 is 16.7 Å². The van der Waals surface area contributed by atoms with Gasteiger partial charge in [0.2, 0.25) is 0 Å². The molecule has 1 aromatic carbocycles. The molecule has 0 spiro atoms. The third-order valence-corrected chi connectivity index (χ3v) is 2.53. The van der Waals surface area contributed by atoms with E-state index >= 15 is 0 Å². The number of ketones is 1. The summed E-state index contributed by atoms with van der Waals surface area (Å²) >= 11 is 0. The summed E-state index contributed by atoms with van der Waals surface area (Å²) in [5.41, 5.74) is 3.14. The van der Waals surface area contributed by atoms with Crippen molar-refractivity contribution in [2.45, 2.75) is 13.8 Å². The van der Waals surface area contributed by atoms with E-state index in [0.29, 0.717) is 0 Å². The maximum absolute atomic E-state index is 11.3. The number of hydrogen-bond acceptors (Lipinski definition) is 1. The molecule has 2 aromatic rings. The number of fused-ring (bicyclic) bond motifs is 1. The van der Waals surface area contributed by atoms with Gasteiger partial charge >= 0.3 is 0 Å². The van der Waals surface area contributed by atoms with Gasteiger partial charge in [-0.3, -0.25) is 4.79 Å². The van der Waals surface area contributed by atoms with E-state index < -0.39 is 0 Å². The summed E-state index contributed by atoms with van der Waals surface area (Å²) in [6.45, 7) is 3.66. The molecule has 72 valence electrons. The molecule has 0 N–H and O–H groups in total. The number of benzene rings is 1. The third kappa shape index (κ3) is 1.23. The Hall–Kier alpha value is -1.57. The highest BCUT2D eigenvalue weighted by atomic mass is 16.1. The van der Waals surface area contributed by atoms with Gasteiger partial charge in [0, 0.05) is 29.7 Å². The van der Waals surface area contributed by atoms with Crippen LogP contribution in [0, 0.1) is 6.92 Å². The van der Waals surface area contributed by atoms with Gasteiger partial charge in [0.1, 0.15) is 0 Å². The van der Waals surface area contributed by atoms with Crippen LogP contribution < -0.4 is 0 Å². The quantitative estimate of drug-likeness (QED) is 0.629. The highest BCUT2D eigenvalue weighted by Gasteiger charge is 2.09. The Labute approximate surface area is 83.2 Å². The second-order valence-electron chi connectivity index (χ2n) is 3.73. The van der Waals surface area contributed by atoms with Crippen LogP contribution in [0.4, 0.5) is 0 Å². The highest BCUT2D eigenvalue weighted by Crippen LogP contribution is 2.21. The number of aryl methyl sites for hydroxylation is 2. The lowest BCUT2D eigenvalue weighted by molar-refractivity contribution is 0.101. The smallest absolute Gasteiger partial charge is 0.161 e. The monoisotopic (exact) mass is 187 g/mol. The molecule has 0 radical (unpaired) electrons. The number of carbonyl (C=O) groups excluding carboxylic acids is 1. The molecule has 14 heavy (non-hydrogen) atoms. The summed E-state index contributed by atoms with van der Waals surface area (Å²) < 4.78 is 2.00. The number of Topliss-reactive ketones (excluding diaryl/α,β-unsaturated/α-hetero) is 1. The number of nitrogens with zero attached hydrogens (tertiary/aromatic N) is 1. The zero-order valence-electron chi connectivity index (χ0n) is 8.66. The highest BCUT2D eigenvalue weighted by molar-refractivity contribution is 6.07.